The van der Waals surface area contributed by atoms with Gasteiger partial charge in [0, 0.05) is 11.8 Å². The molecule has 0 heterocycles. The van der Waals surface area contributed by atoms with Gasteiger partial charge in [-0.15, -0.1) is 0 Å². The van der Waals surface area contributed by atoms with Gasteiger partial charge in [-0.1, -0.05) is 36.4 Å². The largest absolute Gasteiger partial charge is 0.465 e. The van der Waals surface area contributed by atoms with Crippen molar-refractivity contribution in [3.05, 3.63) is 107 Å². The van der Waals surface area contributed by atoms with E-state index in [-0.39, 0.29) is 29.0 Å². The van der Waals surface area contributed by atoms with E-state index < -0.39 is 5.97 Å². The van der Waals surface area contributed by atoms with Gasteiger partial charge in [-0.3, -0.25) is 0 Å². The van der Waals surface area contributed by atoms with Crippen molar-refractivity contribution in [2.45, 2.75) is 24.7 Å². The Labute approximate surface area is 179 Å². The predicted molar refractivity (Wildman–Crippen MR) is 115 cm³/mol. The van der Waals surface area contributed by atoms with E-state index in [4.69, 9.17) is 9.47 Å². The van der Waals surface area contributed by atoms with Gasteiger partial charge in [-0.05, 0) is 66.4 Å². The summed E-state index contributed by atoms with van der Waals surface area (Å²) in [5.41, 5.74) is 1.48. The van der Waals surface area contributed by atoms with Crippen LogP contribution < -0.4 is 4.74 Å². The van der Waals surface area contributed by atoms with Crippen LogP contribution in [0.25, 0.3) is 0 Å². The van der Waals surface area contributed by atoms with Gasteiger partial charge in [0.2, 0.25) is 0 Å². The zero-order valence-electron chi connectivity index (χ0n) is 17.1. The van der Waals surface area contributed by atoms with Crippen LogP contribution in [0.3, 0.4) is 0 Å². The Hall–Kier alpha value is -3.47. The van der Waals surface area contributed by atoms with Crippen molar-refractivity contribution in [2.75, 3.05) is 7.11 Å². The van der Waals surface area contributed by atoms with E-state index in [0.29, 0.717) is 17.1 Å². The average molecular weight is 420 g/mol. The molecule has 0 atom stereocenters. The minimum absolute atomic E-state index is 0.0650. The standard InChI is InChI=1S/C26H22F2O3/c1-30-25(29)23-12-7-18(16-24(23)31-22-5-3-2-4-6-22)15-21(28)17-26(13-14-26)19-8-10-20(27)11-9-19/h2-12,16-17H,13-15H2,1H3/b21-17-. The third-order valence-electron chi connectivity index (χ3n) is 5.44. The molecule has 0 unspecified atom stereocenters. The number of ether oxygens (including phenoxy) is 2. The molecule has 0 N–H and O–H groups in total. The van der Waals surface area contributed by atoms with Crippen LogP contribution >= 0.6 is 0 Å². The lowest BCUT2D eigenvalue weighted by molar-refractivity contribution is 0.0598. The number of hydrogen-bond acceptors (Lipinski definition) is 3. The molecule has 1 saturated carbocycles. The van der Waals surface area contributed by atoms with Gasteiger partial charge < -0.3 is 9.47 Å². The number of carbonyl (C=O) groups excluding carboxylic acids is 1. The number of benzene rings is 3. The van der Waals surface area contributed by atoms with Crippen LogP contribution in [0.2, 0.25) is 0 Å². The number of para-hydroxylation sites is 1. The Kier molecular flexibility index (Phi) is 5.85. The van der Waals surface area contributed by atoms with Gasteiger partial charge in [0.25, 0.3) is 0 Å². The zero-order chi connectivity index (χ0) is 21.8. The highest BCUT2D eigenvalue weighted by atomic mass is 19.1. The number of esters is 1. The molecule has 0 radical (unpaired) electrons. The van der Waals surface area contributed by atoms with E-state index in [9.17, 15) is 13.6 Å². The highest BCUT2D eigenvalue weighted by Crippen LogP contribution is 2.50. The van der Waals surface area contributed by atoms with Crippen molar-refractivity contribution in [3.63, 3.8) is 0 Å². The summed E-state index contributed by atoms with van der Waals surface area (Å²) in [5.74, 6) is -0.238. The molecule has 1 aliphatic carbocycles. The molecule has 158 valence electrons. The second kappa shape index (κ2) is 8.72. The fourth-order valence-electron chi connectivity index (χ4n) is 3.63. The molecule has 0 spiro atoms. The van der Waals surface area contributed by atoms with Gasteiger partial charge >= 0.3 is 5.97 Å². The van der Waals surface area contributed by atoms with Gasteiger partial charge in [0.05, 0.1) is 7.11 Å². The van der Waals surface area contributed by atoms with Gasteiger partial charge in [0.1, 0.15) is 28.7 Å². The van der Waals surface area contributed by atoms with Gasteiger partial charge in [-0.25, -0.2) is 13.6 Å². The van der Waals surface area contributed by atoms with Crippen molar-refractivity contribution < 1.29 is 23.0 Å². The Morgan fingerprint density at radius 3 is 2.39 bits per heavy atom. The van der Waals surface area contributed by atoms with Crippen LogP contribution in [0.15, 0.2) is 84.7 Å². The molecule has 3 nitrogen and oxygen atoms in total. The molecule has 3 aromatic rings. The number of rotatable bonds is 7. The van der Waals surface area contributed by atoms with Crippen LogP contribution in [0, 0.1) is 5.82 Å². The number of hydrogen-bond donors (Lipinski definition) is 0. The maximum absolute atomic E-state index is 14.9. The first-order chi connectivity index (χ1) is 15.0. The molecule has 1 fully saturated rings. The number of carbonyl (C=O) groups is 1. The second-order valence-electron chi connectivity index (χ2n) is 7.67. The van der Waals surface area contributed by atoms with E-state index in [1.165, 1.54) is 19.2 Å². The SMILES string of the molecule is COC(=O)c1ccc(C/C(F)=C/C2(c3ccc(F)cc3)CC2)cc1Oc1ccccc1. The summed E-state index contributed by atoms with van der Waals surface area (Å²) < 4.78 is 38.9. The van der Waals surface area contributed by atoms with Crippen LogP contribution in [-0.4, -0.2) is 13.1 Å². The van der Waals surface area contributed by atoms with Crippen molar-refractivity contribution in [1.82, 2.24) is 0 Å². The highest BCUT2D eigenvalue weighted by molar-refractivity contribution is 5.92. The lowest BCUT2D eigenvalue weighted by Gasteiger charge is -2.13. The topological polar surface area (TPSA) is 35.5 Å². The van der Waals surface area contributed by atoms with Crippen LogP contribution in [0.5, 0.6) is 11.5 Å². The summed E-state index contributed by atoms with van der Waals surface area (Å²) >= 11 is 0. The first-order valence-corrected chi connectivity index (χ1v) is 10.1. The molecular formula is C26H22F2O3. The van der Waals surface area contributed by atoms with Crippen molar-refractivity contribution in [1.29, 1.82) is 0 Å². The van der Waals surface area contributed by atoms with Gasteiger partial charge in [-0.2, -0.15) is 0 Å². The van der Waals surface area contributed by atoms with E-state index in [2.05, 4.69) is 0 Å². The maximum atomic E-state index is 14.9. The highest BCUT2D eigenvalue weighted by Gasteiger charge is 2.42. The van der Waals surface area contributed by atoms with E-state index >= 15 is 0 Å². The predicted octanol–water partition coefficient (Wildman–Crippen LogP) is 6.53. The van der Waals surface area contributed by atoms with E-state index in [1.54, 1.807) is 48.5 Å². The Bertz CT molecular complexity index is 1100. The summed E-state index contributed by atoms with van der Waals surface area (Å²) in [5, 5.41) is 0. The van der Waals surface area contributed by atoms with Crippen LogP contribution in [0.4, 0.5) is 8.78 Å². The average Bonchev–Trinajstić information content (AvgIpc) is 3.55. The lowest BCUT2D eigenvalue weighted by Crippen LogP contribution is -2.05. The number of allylic oxidation sites excluding steroid dienone is 2. The first kappa shape index (κ1) is 20.8. The molecule has 0 amide bonds. The first-order valence-electron chi connectivity index (χ1n) is 10.1. The normalized spacial score (nSPS) is 14.7. The molecule has 0 bridgehead atoms. The molecule has 0 saturated heterocycles. The zero-order valence-corrected chi connectivity index (χ0v) is 17.1. The number of halogens is 2. The minimum Gasteiger partial charge on any atom is -0.465 e. The molecule has 31 heavy (non-hydrogen) atoms. The quantitative estimate of drug-likeness (QED) is 0.408. The summed E-state index contributed by atoms with van der Waals surface area (Å²) in [4.78, 5) is 12.1. The molecular weight excluding hydrogens is 398 g/mol. The Balaban J connectivity index is 1.58. The summed E-state index contributed by atoms with van der Waals surface area (Å²) in [6, 6.07) is 20.2. The van der Waals surface area contributed by atoms with Crippen molar-refractivity contribution in [2.24, 2.45) is 0 Å². The summed E-state index contributed by atoms with van der Waals surface area (Å²) in [6.45, 7) is 0. The van der Waals surface area contributed by atoms with Gasteiger partial charge in [0.15, 0.2) is 0 Å². The molecule has 5 heteroatoms. The third-order valence-corrected chi connectivity index (χ3v) is 5.44. The summed E-state index contributed by atoms with van der Waals surface area (Å²) in [6.07, 6.45) is 3.35. The molecule has 1 aliphatic rings. The summed E-state index contributed by atoms with van der Waals surface area (Å²) in [7, 11) is 1.30. The third kappa shape index (κ3) is 4.82. The number of methoxy groups -OCH3 is 1. The van der Waals surface area contributed by atoms with E-state index in [1.807, 2.05) is 18.2 Å². The monoisotopic (exact) mass is 420 g/mol. The van der Waals surface area contributed by atoms with Crippen LogP contribution in [-0.2, 0) is 16.6 Å². The van der Waals surface area contributed by atoms with Crippen molar-refractivity contribution >= 4 is 5.97 Å². The Morgan fingerprint density at radius 2 is 1.74 bits per heavy atom. The Morgan fingerprint density at radius 1 is 1.03 bits per heavy atom. The minimum atomic E-state index is -0.526. The molecule has 3 aromatic carbocycles. The van der Waals surface area contributed by atoms with E-state index in [0.717, 1.165) is 18.4 Å². The molecule has 4 rings (SSSR count). The molecule has 0 aromatic heterocycles. The van der Waals surface area contributed by atoms with Crippen molar-refractivity contribution in [3.8, 4) is 11.5 Å². The maximum Gasteiger partial charge on any atom is 0.341 e. The van der Waals surface area contributed by atoms with Crippen LogP contribution in [0.1, 0.15) is 34.3 Å². The molecule has 0 aliphatic heterocycles. The second-order valence-corrected chi connectivity index (χ2v) is 7.67. The fourth-order valence-corrected chi connectivity index (χ4v) is 3.63. The smallest absolute Gasteiger partial charge is 0.341 e. The fraction of sp³-hybridized carbons (Fsp3) is 0.192. The lowest BCUT2D eigenvalue weighted by atomic mass is 9.94.